The molecule has 124 valence electrons. The summed E-state index contributed by atoms with van der Waals surface area (Å²) in [5.74, 6) is 0.873. The number of aromatic amines is 1. The lowest BCUT2D eigenvalue weighted by molar-refractivity contribution is 0.0218. The minimum Gasteiger partial charge on any atom is -0.444 e. The van der Waals surface area contributed by atoms with E-state index in [4.69, 9.17) is 4.74 Å². The number of carbonyl (C=O) groups excluding carboxylic acids is 1. The molecule has 1 aromatic rings. The highest BCUT2D eigenvalue weighted by molar-refractivity contribution is 14.1. The van der Waals surface area contributed by atoms with Crippen molar-refractivity contribution in [2.45, 2.75) is 71.4 Å². The number of H-pyrrole nitrogens is 1. The van der Waals surface area contributed by atoms with Gasteiger partial charge in [0.15, 0.2) is 0 Å². The molecule has 6 heteroatoms. The highest BCUT2D eigenvalue weighted by Gasteiger charge is 2.36. The third kappa shape index (κ3) is 3.94. The number of ether oxygens (including phenoxy) is 1. The Morgan fingerprint density at radius 1 is 1.32 bits per heavy atom. The van der Waals surface area contributed by atoms with Crippen molar-refractivity contribution >= 4 is 28.7 Å². The quantitative estimate of drug-likeness (QED) is 0.688. The maximum Gasteiger partial charge on any atom is 0.410 e. The molecule has 1 aromatic heterocycles. The van der Waals surface area contributed by atoms with Crippen molar-refractivity contribution < 1.29 is 9.53 Å². The third-order valence-electron chi connectivity index (χ3n) is 3.62. The van der Waals surface area contributed by atoms with Crippen molar-refractivity contribution in [3.05, 3.63) is 15.2 Å². The van der Waals surface area contributed by atoms with E-state index in [0.717, 1.165) is 34.6 Å². The van der Waals surface area contributed by atoms with Crippen LogP contribution in [0.2, 0.25) is 0 Å². The molecule has 1 saturated heterocycles. The summed E-state index contributed by atoms with van der Waals surface area (Å²) in [6.45, 7) is 12.9. The van der Waals surface area contributed by atoms with Crippen molar-refractivity contribution in [3.63, 3.8) is 0 Å². The van der Waals surface area contributed by atoms with Gasteiger partial charge in [-0.1, -0.05) is 20.8 Å². The van der Waals surface area contributed by atoms with Crippen LogP contribution >= 0.6 is 22.6 Å². The fourth-order valence-corrected chi connectivity index (χ4v) is 3.82. The van der Waals surface area contributed by atoms with E-state index in [1.165, 1.54) is 0 Å². The lowest BCUT2D eigenvalue weighted by Gasteiger charge is -2.27. The second kappa shape index (κ2) is 6.02. The molecule has 1 N–H and O–H groups in total. The van der Waals surface area contributed by atoms with Crippen molar-refractivity contribution in [3.8, 4) is 0 Å². The average molecular weight is 419 g/mol. The van der Waals surface area contributed by atoms with E-state index >= 15 is 0 Å². The number of nitrogens with one attached hydrogen (secondary N) is 1. The van der Waals surface area contributed by atoms with Gasteiger partial charge < -0.3 is 9.72 Å². The number of nitrogens with zero attached hydrogens (tertiary/aromatic N) is 2. The van der Waals surface area contributed by atoms with Gasteiger partial charge in [-0.25, -0.2) is 9.78 Å². The summed E-state index contributed by atoms with van der Waals surface area (Å²) < 4.78 is 6.50. The average Bonchev–Trinajstić information content (AvgIpc) is 2.90. The van der Waals surface area contributed by atoms with E-state index in [2.05, 4.69) is 53.3 Å². The number of carbonyl (C=O) groups is 1. The minimum atomic E-state index is -0.474. The normalized spacial score (nSPS) is 19.6. The third-order valence-corrected chi connectivity index (χ3v) is 4.41. The molecule has 0 saturated carbocycles. The lowest BCUT2D eigenvalue weighted by Crippen LogP contribution is -2.36. The molecular weight excluding hydrogens is 393 g/mol. The summed E-state index contributed by atoms with van der Waals surface area (Å²) in [5.41, 5.74) is 0.661. The van der Waals surface area contributed by atoms with Crippen LogP contribution in [0.4, 0.5) is 4.79 Å². The predicted octanol–water partition coefficient (Wildman–Crippen LogP) is 4.38. The first-order valence-corrected chi connectivity index (χ1v) is 8.82. The zero-order valence-corrected chi connectivity index (χ0v) is 16.4. The lowest BCUT2D eigenvalue weighted by atomic mass is 9.93. The van der Waals surface area contributed by atoms with Crippen molar-refractivity contribution in [1.82, 2.24) is 14.9 Å². The van der Waals surface area contributed by atoms with Gasteiger partial charge >= 0.3 is 6.09 Å². The number of aromatic nitrogens is 2. The first-order valence-electron chi connectivity index (χ1n) is 7.74. The fourth-order valence-electron chi connectivity index (χ4n) is 2.61. The molecule has 1 amide bonds. The van der Waals surface area contributed by atoms with Crippen LogP contribution in [0.1, 0.15) is 71.9 Å². The molecule has 5 nitrogen and oxygen atoms in total. The highest BCUT2D eigenvalue weighted by Crippen LogP contribution is 2.34. The smallest absolute Gasteiger partial charge is 0.410 e. The van der Waals surface area contributed by atoms with Crippen LogP contribution in [0, 0.1) is 3.70 Å². The van der Waals surface area contributed by atoms with E-state index in [1.54, 1.807) is 4.90 Å². The summed E-state index contributed by atoms with van der Waals surface area (Å²) in [6.07, 6.45) is 1.65. The van der Waals surface area contributed by atoms with Crippen molar-refractivity contribution in [2.24, 2.45) is 0 Å². The molecule has 0 bridgehead atoms. The summed E-state index contributed by atoms with van der Waals surface area (Å²) >= 11 is 2.26. The summed E-state index contributed by atoms with van der Waals surface area (Å²) in [7, 11) is 0. The van der Waals surface area contributed by atoms with Crippen molar-refractivity contribution in [1.29, 1.82) is 0 Å². The van der Waals surface area contributed by atoms with Crippen LogP contribution in [0.5, 0.6) is 0 Å². The number of hydrogen-bond acceptors (Lipinski definition) is 3. The largest absolute Gasteiger partial charge is 0.444 e. The van der Waals surface area contributed by atoms with Gasteiger partial charge in [-0.05, 0) is 56.2 Å². The topological polar surface area (TPSA) is 58.2 Å². The zero-order chi connectivity index (χ0) is 16.7. The van der Waals surface area contributed by atoms with Gasteiger partial charge in [-0.15, -0.1) is 0 Å². The van der Waals surface area contributed by atoms with Crippen LogP contribution in [0.25, 0.3) is 0 Å². The Labute approximate surface area is 146 Å². The Bertz CT molecular complexity index is 555. The summed E-state index contributed by atoms with van der Waals surface area (Å²) in [4.78, 5) is 22.3. The monoisotopic (exact) mass is 419 g/mol. The van der Waals surface area contributed by atoms with E-state index in [-0.39, 0.29) is 17.6 Å². The van der Waals surface area contributed by atoms with Gasteiger partial charge in [0.2, 0.25) is 0 Å². The standard InChI is InChI=1S/C16H26IN3O2/c1-15(2,3)11-12(17)19-13(18-11)10-8-7-9-20(10)14(21)22-16(4,5)6/h10H,7-9H2,1-6H3,(H,18,19)/t10-/m0/s1. The SMILES string of the molecule is CC(C)(C)OC(=O)N1CCC[C@H]1c1nc(I)c(C(C)(C)C)[nH]1. The molecular formula is C16H26IN3O2. The Hall–Kier alpha value is -0.790. The second-order valence-corrected chi connectivity index (χ2v) is 8.89. The molecule has 0 aromatic carbocycles. The van der Waals surface area contributed by atoms with Gasteiger partial charge in [-0.2, -0.15) is 0 Å². The molecule has 0 unspecified atom stereocenters. The minimum absolute atomic E-state index is 0.0110. The molecule has 0 radical (unpaired) electrons. The Balaban J connectivity index is 2.23. The van der Waals surface area contributed by atoms with E-state index < -0.39 is 5.60 Å². The molecule has 0 spiro atoms. The molecule has 1 aliphatic heterocycles. The molecule has 22 heavy (non-hydrogen) atoms. The predicted molar refractivity (Wildman–Crippen MR) is 94.9 cm³/mol. The Kier molecular flexibility index (Phi) is 4.80. The van der Waals surface area contributed by atoms with Gasteiger partial charge in [0.25, 0.3) is 0 Å². The maximum atomic E-state index is 12.4. The second-order valence-electron chi connectivity index (χ2n) is 7.87. The van der Waals surface area contributed by atoms with Crippen LogP contribution in [0.3, 0.4) is 0 Å². The zero-order valence-electron chi connectivity index (χ0n) is 14.3. The first kappa shape index (κ1) is 17.6. The van der Waals surface area contributed by atoms with Gasteiger partial charge in [0.1, 0.15) is 15.1 Å². The number of amides is 1. The molecule has 1 aliphatic rings. The van der Waals surface area contributed by atoms with Gasteiger partial charge in [0.05, 0.1) is 11.7 Å². The molecule has 1 atom stereocenters. The number of likely N-dealkylation sites (tertiary alicyclic amines) is 1. The number of halogens is 1. The van der Waals surface area contributed by atoms with Crippen LogP contribution in [0.15, 0.2) is 0 Å². The van der Waals surface area contributed by atoms with Crippen LogP contribution in [-0.4, -0.2) is 33.1 Å². The molecule has 2 heterocycles. The summed E-state index contributed by atoms with van der Waals surface area (Å²) in [6, 6.07) is -0.0144. The number of imidazole rings is 1. The van der Waals surface area contributed by atoms with E-state index in [1.807, 2.05) is 20.8 Å². The molecule has 0 aliphatic carbocycles. The molecule has 2 rings (SSSR count). The van der Waals surface area contributed by atoms with Gasteiger partial charge in [0, 0.05) is 12.0 Å². The summed E-state index contributed by atoms with van der Waals surface area (Å²) in [5, 5.41) is 0. The Morgan fingerprint density at radius 3 is 2.45 bits per heavy atom. The number of hydrogen-bond donors (Lipinski definition) is 1. The molecule has 1 fully saturated rings. The van der Waals surface area contributed by atoms with Crippen LogP contribution < -0.4 is 0 Å². The number of rotatable bonds is 1. The maximum absolute atomic E-state index is 12.4. The van der Waals surface area contributed by atoms with Gasteiger partial charge in [-0.3, -0.25) is 4.90 Å². The fraction of sp³-hybridized carbons (Fsp3) is 0.750. The van der Waals surface area contributed by atoms with Crippen molar-refractivity contribution in [2.75, 3.05) is 6.54 Å². The Morgan fingerprint density at radius 2 is 1.95 bits per heavy atom. The van der Waals surface area contributed by atoms with Crippen LogP contribution in [-0.2, 0) is 10.2 Å². The van der Waals surface area contributed by atoms with E-state index in [9.17, 15) is 4.79 Å². The first-order chi connectivity index (χ1) is 9.99. The highest BCUT2D eigenvalue weighted by atomic mass is 127. The van der Waals surface area contributed by atoms with E-state index in [0.29, 0.717) is 0 Å².